The quantitative estimate of drug-likeness (QED) is 0.483. The fraction of sp³-hybridized carbons (Fsp3) is 0.318. The lowest BCUT2D eigenvalue weighted by Crippen LogP contribution is -2.26. The molecule has 1 aromatic carbocycles. The third-order valence-corrected chi connectivity index (χ3v) is 5.35. The number of ether oxygens (including phenoxy) is 2. The van der Waals surface area contributed by atoms with Gasteiger partial charge < -0.3 is 14.8 Å². The Morgan fingerprint density at radius 2 is 1.90 bits per heavy atom. The van der Waals surface area contributed by atoms with Crippen LogP contribution in [0.4, 0.5) is 5.95 Å². The van der Waals surface area contributed by atoms with E-state index in [1.807, 2.05) is 30.5 Å². The zero-order chi connectivity index (χ0) is 20.9. The van der Waals surface area contributed by atoms with Crippen LogP contribution >= 0.6 is 15.9 Å². The van der Waals surface area contributed by atoms with Crippen LogP contribution < -0.4 is 20.3 Å². The molecule has 8 heteroatoms. The fourth-order valence-corrected chi connectivity index (χ4v) is 3.77. The molecule has 156 valence electrons. The summed E-state index contributed by atoms with van der Waals surface area (Å²) in [6.45, 7) is 2.80. The number of anilines is 1. The average Bonchev–Trinajstić information content (AvgIpc) is 3.13. The second kappa shape index (κ2) is 9.30. The fourth-order valence-electron chi connectivity index (χ4n) is 3.33. The summed E-state index contributed by atoms with van der Waals surface area (Å²) in [5.41, 5.74) is 2.64. The van der Waals surface area contributed by atoms with Crippen LogP contribution in [0.1, 0.15) is 29.7 Å². The molecule has 3 aromatic rings. The minimum atomic E-state index is -0.514. The summed E-state index contributed by atoms with van der Waals surface area (Å²) < 4.78 is 12.4. The van der Waals surface area contributed by atoms with Crippen LogP contribution in [0.3, 0.4) is 0 Å². The summed E-state index contributed by atoms with van der Waals surface area (Å²) >= 11 is 3.43. The van der Waals surface area contributed by atoms with Crippen molar-refractivity contribution >= 4 is 21.9 Å². The number of pyridine rings is 1. The number of aromatic nitrogens is 3. The van der Waals surface area contributed by atoms with Crippen LogP contribution in [0.5, 0.6) is 11.5 Å². The van der Waals surface area contributed by atoms with Crippen molar-refractivity contribution in [1.82, 2.24) is 15.0 Å². The molecule has 0 amide bonds. The van der Waals surface area contributed by atoms with Crippen LogP contribution in [0.15, 0.2) is 52.0 Å². The molecule has 4 rings (SSSR count). The van der Waals surface area contributed by atoms with Gasteiger partial charge in [-0.25, -0.2) is 4.98 Å². The van der Waals surface area contributed by atoms with E-state index in [0.717, 1.165) is 36.0 Å². The summed E-state index contributed by atoms with van der Waals surface area (Å²) in [5, 5.41) is 3.17. The number of aromatic amines is 1. The Hall–Kier alpha value is -2.87. The minimum Gasteiger partial charge on any atom is -0.451 e. The van der Waals surface area contributed by atoms with E-state index >= 15 is 0 Å². The Kier molecular flexibility index (Phi) is 6.32. The van der Waals surface area contributed by atoms with Crippen molar-refractivity contribution in [3.63, 3.8) is 0 Å². The number of aryl methyl sites for hydroxylation is 2. The SMILES string of the molecule is Cc1cc(Br)cnc1CCCCNc1ncc(CC2Oc3ccccc3O2)c(=O)[nH]1. The molecule has 0 atom stereocenters. The highest BCUT2D eigenvalue weighted by Crippen LogP contribution is 2.34. The van der Waals surface area contributed by atoms with Gasteiger partial charge in [0.1, 0.15) is 0 Å². The van der Waals surface area contributed by atoms with Crippen molar-refractivity contribution in [2.24, 2.45) is 0 Å². The monoisotopic (exact) mass is 470 g/mol. The molecule has 0 radical (unpaired) electrons. The first-order chi connectivity index (χ1) is 14.6. The van der Waals surface area contributed by atoms with Gasteiger partial charge in [0.25, 0.3) is 5.56 Å². The number of rotatable bonds is 8. The molecular formula is C22H23BrN4O3. The lowest BCUT2D eigenvalue weighted by molar-refractivity contribution is 0.0499. The maximum atomic E-state index is 12.4. The first kappa shape index (κ1) is 20.4. The molecule has 0 saturated heterocycles. The third-order valence-electron chi connectivity index (χ3n) is 4.91. The smallest absolute Gasteiger partial charge is 0.255 e. The summed E-state index contributed by atoms with van der Waals surface area (Å²) in [7, 11) is 0. The number of halogens is 1. The predicted octanol–water partition coefficient (Wildman–Crippen LogP) is 4.01. The zero-order valence-corrected chi connectivity index (χ0v) is 18.2. The Morgan fingerprint density at radius 3 is 2.60 bits per heavy atom. The average molecular weight is 471 g/mol. The summed E-state index contributed by atoms with van der Waals surface area (Å²) in [6.07, 6.45) is 6.10. The normalized spacial score (nSPS) is 12.9. The molecular weight excluding hydrogens is 448 g/mol. The maximum Gasteiger partial charge on any atom is 0.255 e. The minimum absolute atomic E-state index is 0.189. The lowest BCUT2D eigenvalue weighted by atomic mass is 10.1. The predicted molar refractivity (Wildman–Crippen MR) is 118 cm³/mol. The Balaban J connectivity index is 1.23. The number of fused-ring (bicyclic) bond motifs is 1. The maximum absolute atomic E-state index is 12.4. The van der Waals surface area contributed by atoms with E-state index in [4.69, 9.17) is 9.47 Å². The van der Waals surface area contributed by atoms with Gasteiger partial charge in [-0.05, 0) is 65.9 Å². The van der Waals surface area contributed by atoms with Crippen molar-refractivity contribution in [3.05, 3.63) is 74.4 Å². The number of H-pyrrole nitrogens is 1. The van der Waals surface area contributed by atoms with Crippen LogP contribution in [0.2, 0.25) is 0 Å². The van der Waals surface area contributed by atoms with Crippen molar-refractivity contribution in [2.45, 2.75) is 38.9 Å². The van der Waals surface area contributed by atoms with Gasteiger partial charge in [-0.1, -0.05) is 12.1 Å². The van der Waals surface area contributed by atoms with Gasteiger partial charge in [0.05, 0.1) is 6.42 Å². The molecule has 1 aliphatic rings. The Labute approximate surface area is 183 Å². The van der Waals surface area contributed by atoms with Gasteiger partial charge in [0.15, 0.2) is 11.5 Å². The lowest BCUT2D eigenvalue weighted by Gasteiger charge is -2.10. The van der Waals surface area contributed by atoms with Crippen LogP contribution in [-0.2, 0) is 12.8 Å². The number of unbranched alkanes of at least 4 members (excludes halogenated alkanes) is 1. The van der Waals surface area contributed by atoms with Crippen LogP contribution in [0, 0.1) is 6.92 Å². The molecule has 30 heavy (non-hydrogen) atoms. The first-order valence-corrected chi connectivity index (χ1v) is 10.7. The number of nitrogens with zero attached hydrogens (tertiary/aromatic N) is 2. The first-order valence-electron chi connectivity index (χ1n) is 9.94. The van der Waals surface area contributed by atoms with E-state index in [1.165, 1.54) is 5.56 Å². The van der Waals surface area contributed by atoms with Gasteiger partial charge in [-0.2, -0.15) is 0 Å². The highest BCUT2D eigenvalue weighted by atomic mass is 79.9. The number of hydrogen-bond acceptors (Lipinski definition) is 6. The van der Waals surface area contributed by atoms with Gasteiger partial charge >= 0.3 is 0 Å². The molecule has 0 aliphatic carbocycles. The highest BCUT2D eigenvalue weighted by molar-refractivity contribution is 9.10. The number of nitrogens with one attached hydrogen (secondary N) is 2. The molecule has 0 saturated carbocycles. The van der Waals surface area contributed by atoms with E-state index in [0.29, 0.717) is 29.4 Å². The Morgan fingerprint density at radius 1 is 1.13 bits per heavy atom. The molecule has 1 aliphatic heterocycles. The summed E-state index contributed by atoms with van der Waals surface area (Å²) in [4.78, 5) is 23.9. The summed E-state index contributed by atoms with van der Waals surface area (Å²) in [6, 6.07) is 9.54. The van der Waals surface area contributed by atoms with Crippen LogP contribution in [0.25, 0.3) is 0 Å². The van der Waals surface area contributed by atoms with E-state index in [2.05, 4.69) is 49.2 Å². The van der Waals surface area contributed by atoms with Gasteiger partial charge in [0, 0.05) is 34.7 Å². The largest absolute Gasteiger partial charge is 0.451 e. The molecule has 0 spiro atoms. The molecule has 7 nitrogen and oxygen atoms in total. The van der Waals surface area contributed by atoms with Gasteiger partial charge in [0.2, 0.25) is 12.2 Å². The van der Waals surface area contributed by atoms with E-state index in [-0.39, 0.29) is 5.56 Å². The van der Waals surface area contributed by atoms with E-state index in [1.54, 1.807) is 6.20 Å². The highest BCUT2D eigenvalue weighted by Gasteiger charge is 2.24. The summed E-state index contributed by atoms with van der Waals surface area (Å²) in [5.74, 6) is 1.86. The number of benzene rings is 1. The van der Waals surface area contributed by atoms with Crippen molar-refractivity contribution in [1.29, 1.82) is 0 Å². The van der Waals surface area contributed by atoms with E-state index < -0.39 is 6.29 Å². The van der Waals surface area contributed by atoms with Crippen molar-refractivity contribution < 1.29 is 9.47 Å². The van der Waals surface area contributed by atoms with E-state index in [9.17, 15) is 4.79 Å². The molecule has 0 fully saturated rings. The van der Waals surface area contributed by atoms with Crippen molar-refractivity contribution in [2.75, 3.05) is 11.9 Å². The zero-order valence-electron chi connectivity index (χ0n) is 16.7. The molecule has 3 heterocycles. The number of hydrogen-bond donors (Lipinski definition) is 2. The van der Waals surface area contributed by atoms with Gasteiger partial charge in [-0.15, -0.1) is 0 Å². The topological polar surface area (TPSA) is 89.1 Å². The van der Waals surface area contributed by atoms with Crippen LogP contribution in [-0.4, -0.2) is 27.8 Å². The second-order valence-corrected chi connectivity index (χ2v) is 8.12. The standard InChI is InChI=1S/C22H23BrN4O3/c1-14-10-16(23)13-25-17(14)6-4-5-9-24-22-26-12-15(21(28)27-22)11-20-29-18-7-2-3-8-19(18)30-20/h2-3,7-8,10,12-13,20H,4-6,9,11H2,1H3,(H2,24,26,27,28). The van der Waals surface area contributed by atoms with Crippen molar-refractivity contribution in [3.8, 4) is 11.5 Å². The molecule has 2 aromatic heterocycles. The third kappa shape index (κ3) is 4.99. The second-order valence-electron chi connectivity index (χ2n) is 7.20. The molecule has 2 N–H and O–H groups in total. The Bertz CT molecular complexity index is 1060. The van der Waals surface area contributed by atoms with Gasteiger partial charge in [-0.3, -0.25) is 14.8 Å². The number of para-hydroxylation sites is 2. The molecule has 0 bridgehead atoms. The molecule has 0 unspecified atom stereocenters.